The zero-order valence-electron chi connectivity index (χ0n) is 10.2. The molecule has 2 atom stereocenters. The van der Waals surface area contributed by atoms with Crippen molar-refractivity contribution in [3.8, 4) is 5.75 Å². The van der Waals surface area contributed by atoms with Crippen molar-refractivity contribution in [3.63, 3.8) is 0 Å². The minimum atomic E-state index is -0.0325. The summed E-state index contributed by atoms with van der Waals surface area (Å²) >= 11 is 0. The average Bonchev–Trinajstić information content (AvgIpc) is 2.98. The van der Waals surface area contributed by atoms with Crippen molar-refractivity contribution in [1.82, 2.24) is 15.2 Å². The maximum atomic E-state index is 5.70. The van der Waals surface area contributed by atoms with Crippen LogP contribution in [0.15, 0.2) is 36.5 Å². The van der Waals surface area contributed by atoms with Crippen molar-refractivity contribution in [1.29, 1.82) is 0 Å². The predicted octanol–water partition coefficient (Wildman–Crippen LogP) is 1.10. The molecule has 0 spiro atoms. The Bertz CT molecular complexity index is 551. The Hall–Kier alpha value is -1.85. The number of para-hydroxylation sites is 1. The van der Waals surface area contributed by atoms with Gasteiger partial charge in [-0.05, 0) is 12.1 Å². The molecule has 0 saturated carbocycles. The van der Waals surface area contributed by atoms with Crippen molar-refractivity contribution < 1.29 is 4.74 Å². The fraction of sp³-hybridized carbons (Fsp3) is 0.308. The minimum Gasteiger partial charge on any atom is -0.493 e. The van der Waals surface area contributed by atoms with Crippen LogP contribution in [0.5, 0.6) is 5.75 Å². The second-order valence-corrected chi connectivity index (χ2v) is 4.51. The number of hydrogen-bond donors (Lipinski definition) is 2. The predicted molar refractivity (Wildman–Crippen MR) is 68.0 cm³/mol. The van der Waals surface area contributed by atoms with Crippen LogP contribution in [0.25, 0.3) is 0 Å². The lowest BCUT2D eigenvalue weighted by atomic mass is 9.92. The summed E-state index contributed by atoms with van der Waals surface area (Å²) in [5, 5.41) is 4.42. The van der Waals surface area contributed by atoms with E-state index < -0.39 is 0 Å². The third-order valence-electron chi connectivity index (χ3n) is 3.37. The average molecular weight is 244 g/mol. The van der Waals surface area contributed by atoms with Crippen LogP contribution in [-0.2, 0) is 7.05 Å². The summed E-state index contributed by atoms with van der Waals surface area (Å²) in [5.74, 6) is 6.83. The van der Waals surface area contributed by atoms with Gasteiger partial charge in [-0.2, -0.15) is 5.10 Å². The molecule has 1 aliphatic heterocycles. The number of hydrazine groups is 1. The van der Waals surface area contributed by atoms with E-state index in [0.717, 1.165) is 11.4 Å². The number of fused-ring (bicyclic) bond motifs is 1. The largest absolute Gasteiger partial charge is 0.493 e. The van der Waals surface area contributed by atoms with Crippen LogP contribution in [-0.4, -0.2) is 16.4 Å². The fourth-order valence-corrected chi connectivity index (χ4v) is 2.47. The highest BCUT2D eigenvalue weighted by molar-refractivity contribution is 5.41. The SMILES string of the molecule is Cn1ccc(C(NN)C2COc3ccccc32)n1. The van der Waals surface area contributed by atoms with Crippen LogP contribution in [0, 0.1) is 0 Å². The van der Waals surface area contributed by atoms with Gasteiger partial charge in [-0.1, -0.05) is 18.2 Å². The number of aromatic nitrogens is 2. The van der Waals surface area contributed by atoms with E-state index in [-0.39, 0.29) is 12.0 Å². The monoisotopic (exact) mass is 244 g/mol. The Morgan fingerprint density at radius 3 is 3.00 bits per heavy atom. The van der Waals surface area contributed by atoms with E-state index in [1.165, 1.54) is 5.56 Å². The van der Waals surface area contributed by atoms with Crippen LogP contribution in [0.2, 0.25) is 0 Å². The van der Waals surface area contributed by atoms with E-state index in [1.54, 1.807) is 4.68 Å². The van der Waals surface area contributed by atoms with E-state index in [1.807, 2.05) is 37.5 Å². The molecule has 0 bridgehead atoms. The Kier molecular flexibility index (Phi) is 2.77. The first-order chi connectivity index (χ1) is 8.79. The van der Waals surface area contributed by atoms with E-state index in [4.69, 9.17) is 10.6 Å². The van der Waals surface area contributed by atoms with Crippen LogP contribution in [0.4, 0.5) is 0 Å². The number of aryl methyl sites for hydroxylation is 1. The lowest BCUT2D eigenvalue weighted by molar-refractivity contribution is 0.298. The Labute approximate surface area is 106 Å². The molecule has 0 fully saturated rings. The van der Waals surface area contributed by atoms with Crippen molar-refractivity contribution >= 4 is 0 Å². The number of benzene rings is 1. The first-order valence-corrected chi connectivity index (χ1v) is 5.97. The summed E-state index contributed by atoms with van der Waals surface area (Å²) in [5.41, 5.74) is 4.98. The second kappa shape index (κ2) is 4.44. The molecule has 0 radical (unpaired) electrons. The van der Waals surface area contributed by atoms with Gasteiger partial charge in [0.15, 0.2) is 0 Å². The molecule has 1 aromatic carbocycles. The first kappa shape index (κ1) is 11.3. The summed E-state index contributed by atoms with van der Waals surface area (Å²) in [6.07, 6.45) is 1.92. The van der Waals surface area contributed by atoms with Crippen molar-refractivity contribution in [3.05, 3.63) is 47.8 Å². The normalized spacial score (nSPS) is 19.3. The van der Waals surface area contributed by atoms with Gasteiger partial charge in [-0.15, -0.1) is 0 Å². The highest BCUT2D eigenvalue weighted by Gasteiger charge is 2.32. The number of ether oxygens (including phenoxy) is 1. The summed E-state index contributed by atoms with van der Waals surface area (Å²) in [4.78, 5) is 0. The Morgan fingerprint density at radius 1 is 1.44 bits per heavy atom. The molecular weight excluding hydrogens is 228 g/mol. The maximum absolute atomic E-state index is 5.70. The molecule has 1 aromatic heterocycles. The molecule has 2 unspecified atom stereocenters. The van der Waals surface area contributed by atoms with Gasteiger partial charge in [0.1, 0.15) is 5.75 Å². The van der Waals surface area contributed by atoms with E-state index >= 15 is 0 Å². The van der Waals surface area contributed by atoms with Crippen molar-refractivity contribution in [2.24, 2.45) is 12.9 Å². The number of nitrogens with one attached hydrogen (secondary N) is 1. The topological polar surface area (TPSA) is 65.1 Å². The van der Waals surface area contributed by atoms with Crippen LogP contribution < -0.4 is 16.0 Å². The number of nitrogens with zero attached hydrogens (tertiary/aromatic N) is 2. The zero-order valence-corrected chi connectivity index (χ0v) is 10.2. The molecule has 18 heavy (non-hydrogen) atoms. The second-order valence-electron chi connectivity index (χ2n) is 4.51. The zero-order chi connectivity index (χ0) is 12.5. The minimum absolute atomic E-state index is 0.0325. The smallest absolute Gasteiger partial charge is 0.122 e. The van der Waals surface area contributed by atoms with Gasteiger partial charge in [0.25, 0.3) is 0 Å². The molecule has 3 N–H and O–H groups in total. The molecule has 94 valence electrons. The summed E-state index contributed by atoms with van der Waals surface area (Å²) in [7, 11) is 1.90. The number of rotatable bonds is 3. The van der Waals surface area contributed by atoms with Gasteiger partial charge < -0.3 is 4.74 Å². The molecule has 3 rings (SSSR count). The molecule has 0 aliphatic carbocycles. The number of hydrogen-bond acceptors (Lipinski definition) is 4. The molecule has 0 saturated heterocycles. The van der Waals surface area contributed by atoms with Crippen LogP contribution >= 0.6 is 0 Å². The molecule has 0 amide bonds. The lowest BCUT2D eigenvalue weighted by Gasteiger charge is -2.19. The molecule has 2 aromatic rings. The summed E-state index contributed by atoms with van der Waals surface area (Å²) in [6.45, 7) is 0.630. The third kappa shape index (κ3) is 1.77. The van der Waals surface area contributed by atoms with Crippen LogP contribution in [0.3, 0.4) is 0 Å². The summed E-state index contributed by atoms with van der Waals surface area (Å²) < 4.78 is 7.47. The van der Waals surface area contributed by atoms with Gasteiger partial charge in [0, 0.05) is 24.7 Å². The molecule has 2 heterocycles. The standard InChI is InChI=1S/C13H16N4O/c1-17-7-6-11(16-17)13(15-14)10-8-18-12-5-3-2-4-9(10)12/h2-7,10,13,15H,8,14H2,1H3. The van der Waals surface area contributed by atoms with E-state index in [0.29, 0.717) is 6.61 Å². The molecule has 5 nitrogen and oxygen atoms in total. The van der Waals surface area contributed by atoms with Gasteiger partial charge in [0.05, 0.1) is 18.3 Å². The lowest BCUT2D eigenvalue weighted by Crippen LogP contribution is -2.33. The van der Waals surface area contributed by atoms with E-state index in [2.05, 4.69) is 16.6 Å². The van der Waals surface area contributed by atoms with Gasteiger partial charge in [0.2, 0.25) is 0 Å². The molecule has 1 aliphatic rings. The van der Waals surface area contributed by atoms with E-state index in [9.17, 15) is 0 Å². The number of nitrogens with two attached hydrogens (primary N) is 1. The van der Waals surface area contributed by atoms with Gasteiger partial charge in [-0.3, -0.25) is 16.0 Å². The van der Waals surface area contributed by atoms with Gasteiger partial charge in [-0.25, -0.2) is 0 Å². The molecular formula is C13H16N4O. The highest BCUT2D eigenvalue weighted by atomic mass is 16.5. The van der Waals surface area contributed by atoms with Crippen molar-refractivity contribution in [2.75, 3.05) is 6.61 Å². The Balaban J connectivity index is 1.95. The summed E-state index contributed by atoms with van der Waals surface area (Å²) in [6, 6.07) is 10.0. The quantitative estimate of drug-likeness (QED) is 0.627. The van der Waals surface area contributed by atoms with Crippen molar-refractivity contribution in [2.45, 2.75) is 12.0 Å². The third-order valence-corrected chi connectivity index (χ3v) is 3.37. The van der Waals surface area contributed by atoms with Gasteiger partial charge >= 0.3 is 0 Å². The highest BCUT2D eigenvalue weighted by Crippen LogP contribution is 2.40. The van der Waals surface area contributed by atoms with Crippen LogP contribution in [0.1, 0.15) is 23.2 Å². The first-order valence-electron chi connectivity index (χ1n) is 5.97. The molecule has 5 heteroatoms. The fourth-order valence-electron chi connectivity index (χ4n) is 2.47. The maximum Gasteiger partial charge on any atom is 0.122 e. The Morgan fingerprint density at radius 2 is 2.28 bits per heavy atom.